The SMILES string of the molecule is Cc1ccc2nc(N)n(CCCC(C)C)c2c1. The molecule has 0 radical (unpaired) electrons. The molecule has 3 heteroatoms. The van der Waals surface area contributed by atoms with Crippen molar-refractivity contribution < 1.29 is 0 Å². The number of imidazole rings is 1. The topological polar surface area (TPSA) is 43.8 Å². The number of benzene rings is 1. The summed E-state index contributed by atoms with van der Waals surface area (Å²) in [5, 5.41) is 0. The van der Waals surface area contributed by atoms with Crippen molar-refractivity contribution in [3.05, 3.63) is 23.8 Å². The summed E-state index contributed by atoms with van der Waals surface area (Å²) >= 11 is 0. The van der Waals surface area contributed by atoms with E-state index in [1.165, 1.54) is 12.0 Å². The Kier molecular flexibility index (Phi) is 3.36. The van der Waals surface area contributed by atoms with E-state index in [1.807, 2.05) is 6.07 Å². The van der Waals surface area contributed by atoms with Crippen LogP contribution in [0.5, 0.6) is 0 Å². The fraction of sp³-hybridized carbons (Fsp3) is 0.500. The molecule has 0 saturated heterocycles. The van der Waals surface area contributed by atoms with Crippen LogP contribution in [-0.4, -0.2) is 9.55 Å². The minimum atomic E-state index is 0.634. The molecule has 2 rings (SSSR count). The van der Waals surface area contributed by atoms with Gasteiger partial charge in [0.15, 0.2) is 0 Å². The van der Waals surface area contributed by atoms with Crippen LogP contribution >= 0.6 is 0 Å². The molecule has 0 saturated carbocycles. The molecule has 92 valence electrons. The van der Waals surface area contributed by atoms with Gasteiger partial charge in [-0.05, 0) is 43.4 Å². The molecule has 3 nitrogen and oxygen atoms in total. The lowest BCUT2D eigenvalue weighted by Gasteiger charge is -2.08. The predicted molar refractivity (Wildman–Crippen MR) is 73.0 cm³/mol. The second-order valence-electron chi connectivity index (χ2n) is 5.15. The molecule has 1 aromatic carbocycles. The minimum absolute atomic E-state index is 0.634. The lowest BCUT2D eigenvalue weighted by molar-refractivity contribution is 0.519. The first kappa shape index (κ1) is 12.0. The van der Waals surface area contributed by atoms with Gasteiger partial charge in [-0.1, -0.05) is 19.9 Å². The van der Waals surface area contributed by atoms with Crippen molar-refractivity contribution in [2.45, 2.75) is 40.2 Å². The Morgan fingerprint density at radius 1 is 1.35 bits per heavy atom. The quantitative estimate of drug-likeness (QED) is 0.876. The van der Waals surface area contributed by atoms with Crippen molar-refractivity contribution in [1.29, 1.82) is 0 Å². The summed E-state index contributed by atoms with van der Waals surface area (Å²) < 4.78 is 2.13. The zero-order chi connectivity index (χ0) is 12.4. The molecule has 2 aromatic rings. The number of nitrogens with zero attached hydrogens (tertiary/aromatic N) is 2. The largest absolute Gasteiger partial charge is 0.369 e. The Bertz CT molecular complexity index is 511. The molecular formula is C14H21N3. The maximum atomic E-state index is 5.97. The van der Waals surface area contributed by atoms with Crippen LogP contribution in [0.2, 0.25) is 0 Å². The van der Waals surface area contributed by atoms with Crippen LogP contribution in [0.15, 0.2) is 18.2 Å². The summed E-state index contributed by atoms with van der Waals surface area (Å²) in [7, 11) is 0. The average Bonchev–Trinajstić information content (AvgIpc) is 2.55. The summed E-state index contributed by atoms with van der Waals surface area (Å²) in [4.78, 5) is 4.39. The minimum Gasteiger partial charge on any atom is -0.369 e. The number of rotatable bonds is 4. The van der Waals surface area contributed by atoms with E-state index in [4.69, 9.17) is 5.73 Å². The highest BCUT2D eigenvalue weighted by Gasteiger charge is 2.07. The van der Waals surface area contributed by atoms with E-state index in [2.05, 4.69) is 42.5 Å². The maximum absolute atomic E-state index is 5.97. The van der Waals surface area contributed by atoms with Crippen LogP contribution in [0, 0.1) is 12.8 Å². The number of anilines is 1. The van der Waals surface area contributed by atoms with Gasteiger partial charge in [0, 0.05) is 6.54 Å². The lowest BCUT2D eigenvalue weighted by Crippen LogP contribution is -2.04. The first-order valence-electron chi connectivity index (χ1n) is 6.30. The third-order valence-electron chi connectivity index (χ3n) is 3.10. The van der Waals surface area contributed by atoms with Gasteiger partial charge in [0.2, 0.25) is 5.95 Å². The Labute approximate surface area is 103 Å². The molecule has 1 aromatic heterocycles. The molecule has 0 bridgehead atoms. The zero-order valence-corrected chi connectivity index (χ0v) is 10.9. The van der Waals surface area contributed by atoms with E-state index < -0.39 is 0 Å². The van der Waals surface area contributed by atoms with Gasteiger partial charge in [-0.3, -0.25) is 0 Å². The van der Waals surface area contributed by atoms with E-state index in [9.17, 15) is 0 Å². The van der Waals surface area contributed by atoms with E-state index >= 15 is 0 Å². The number of hydrogen-bond acceptors (Lipinski definition) is 2. The van der Waals surface area contributed by atoms with Crippen LogP contribution in [0.25, 0.3) is 11.0 Å². The lowest BCUT2D eigenvalue weighted by atomic mass is 10.1. The van der Waals surface area contributed by atoms with Crippen LogP contribution in [0.1, 0.15) is 32.3 Å². The molecule has 17 heavy (non-hydrogen) atoms. The summed E-state index contributed by atoms with van der Waals surface area (Å²) in [6, 6.07) is 6.28. The van der Waals surface area contributed by atoms with Gasteiger partial charge in [-0.15, -0.1) is 0 Å². The monoisotopic (exact) mass is 231 g/mol. The van der Waals surface area contributed by atoms with Gasteiger partial charge < -0.3 is 10.3 Å². The Morgan fingerprint density at radius 2 is 2.12 bits per heavy atom. The van der Waals surface area contributed by atoms with Gasteiger partial charge in [0.1, 0.15) is 0 Å². The van der Waals surface area contributed by atoms with Crippen molar-refractivity contribution in [3.8, 4) is 0 Å². The molecule has 2 N–H and O–H groups in total. The number of fused-ring (bicyclic) bond motifs is 1. The first-order valence-corrected chi connectivity index (χ1v) is 6.30. The number of hydrogen-bond donors (Lipinski definition) is 1. The van der Waals surface area contributed by atoms with E-state index in [-0.39, 0.29) is 0 Å². The zero-order valence-electron chi connectivity index (χ0n) is 10.9. The molecule has 0 amide bonds. The van der Waals surface area contributed by atoms with Crippen molar-refractivity contribution >= 4 is 17.0 Å². The fourth-order valence-corrected chi connectivity index (χ4v) is 2.14. The van der Waals surface area contributed by atoms with Crippen LogP contribution in [0.4, 0.5) is 5.95 Å². The summed E-state index contributed by atoms with van der Waals surface area (Å²) in [6.45, 7) is 7.56. The molecule has 0 atom stereocenters. The van der Waals surface area contributed by atoms with Gasteiger partial charge in [0.25, 0.3) is 0 Å². The molecular weight excluding hydrogens is 210 g/mol. The normalized spacial score (nSPS) is 11.5. The van der Waals surface area contributed by atoms with Crippen LogP contribution < -0.4 is 5.73 Å². The summed E-state index contributed by atoms with van der Waals surface area (Å²) in [5.41, 5.74) is 9.38. The van der Waals surface area contributed by atoms with Gasteiger partial charge in [-0.2, -0.15) is 0 Å². The number of nitrogen functional groups attached to an aromatic ring is 1. The predicted octanol–water partition coefficient (Wildman–Crippen LogP) is 3.36. The smallest absolute Gasteiger partial charge is 0.201 e. The van der Waals surface area contributed by atoms with E-state index in [1.54, 1.807) is 0 Å². The highest BCUT2D eigenvalue weighted by atomic mass is 15.1. The van der Waals surface area contributed by atoms with E-state index in [0.717, 1.165) is 29.9 Å². The summed E-state index contributed by atoms with van der Waals surface area (Å²) in [6.07, 6.45) is 2.38. The number of aromatic nitrogens is 2. The Balaban J connectivity index is 2.26. The number of aryl methyl sites for hydroxylation is 2. The van der Waals surface area contributed by atoms with Gasteiger partial charge >= 0.3 is 0 Å². The third-order valence-corrected chi connectivity index (χ3v) is 3.10. The second kappa shape index (κ2) is 4.78. The van der Waals surface area contributed by atoms with E-state index in [0.29, 0.717) is 5.95 Å². The average molecular weight is 231 g/mol. The molecule has 0 fully saturated rings. The fourth-order valence-electron chi connectivity index (χ4n) is 2.14. The van der Waals surface area contributed by atoms with Crippen molar-refractivity contribution in [1.82, 2.24) is 9.55 Å². The Hall–Kier alpha value is -1.51. The van der Waals surface area contributed by atoms with Crippen LogP contribution in [-0.2, 0) is 6.54 Å². The highest BCUT2D eigenvalue weighted by Crippen LogP contribution is 2.20. The second-order valence-corrected chi connectivity index (χ2v) is 5.15. The third kappa shape index (κ3) is 2.60. The molecule has 0 aliphatic heterocycles. The molecule has 0 unspecified atom stereocenters. The molecule has 0 aliphatic rings. The van der Waals surface area contributed by atoms with Crippen molar-refractivity contribution in [2.24, 2.45) is 5.92 Å². The highest BCUT2D eigenvalue weighted by molar-refractivity contribution is 5.79. The first-order chi connectivity index (χ1) is 8.08. The Morgan fingerprint density at radius 3 is 2.82 bits per heavy atom. The van der Waals surface area contributed by atoms with Crippen molar-refractivity contribution in [2.75, 3.05) is 5.73 Å². The van der Waals surface area contributed by atoms with Crippen molar-refractivity contribution in [3.63, 3.8) is 0 Å². The van der Waals surface area contributed by atoms with Gasteiger partial charge in [-0.25, -0.2) is 4.98 Å². The maximum Gasteiger partial charge on any atom is 0.201 e. The summed E-state index contributed by atoms with van der Waals surface area (Å²) in [5.74, 6) is 1.38. The van der Waals surface area contributed by atoms with Crippen LogP contribution in [0.3, 0.4) is 0 Å². The molecule has 1 heterocycles. The molecule has 0 aliphatic carbocycles. The molecule has 0 spiro atoms. The standard InChI is InChI=1S/C14H21N3/c1-10(2)5-4-8-17-13-9-11(3)6-7-12(13)16-14(17)15/h6-7,9-10H,4-5,8H2,1-3H3,(H2,15,16). The van der Waals surface area contributed by atoms with Gasteiger partial charge in [0.05, 0.1) is 11.0 Å². The number of nitrogens with two attached hydrogens (primary N) is 1.